The molecule has 3 aromatic rings. The van der Waals surface area contributed by atoms with E-state index in [0.717, 1.165) is 22.4 Å². The molecule has 0 N–H and O–H groups in total. The van der Waals surface area contributed by atoms with E-state index in [1.54, 1.807) is 10.4 Å². The zero-order chi connectivity index (χ0) is 22.7. The van der Waals surface area contributed by atoms with Crippen molar-refractivity contribution in [3.63, 3.8) is 0 Å². The van der Waals surface area contributed by atoms with Gasteiger partial charge in [-0.2, -0.15) is 4.31 Å². The molecule has 0 saturated carbocycles. The lowest BCUT2D eigenvalue weighted by atomic mass is 10.0. The summed E-state index contributed by atoms with van der Waals surface area (Å²) < 4.78 is 27.8. The van der Waals surface area contributed by atoms with Crippen LogP contribution >= 0.6 is 23.2 Å². The molecule has 0 bridgehead atoms. The molecule has 1 fully saturated rings. The van der Waals surface area contributed by atoms with Crippen LogP contribution in [-0.4, -0.2) is 32.4 Å². The second kappa shape index (κ2) is 9.67. The molecule has 0 spiro atoms. The summed E-state index contributed by atoms with van der Waals surface area (Å²) in [5.41, 5.74) is 3.96. The molecule has 0 aromatic heterocycles. The third-order valence-corrected chi connectivity index (χ3v) is 7.68. The van der Waals surface area contributed by atoms with Crippen LogP contribution in [0.5, 0.6) is 0 Å². The van der Waals surface area contributed by atoms with E-state index in [9.17, 15) is 8.42 Å². The Morgan fingerprint density at radius 2 is 1.59 bits per heavy atom. The molecule has 1 atom stereocenters. The molecule has 7 heteroatoms. The summed E-state index contributed by atoms with van der Waals surface area (Å²) >= 11 is 12.3. The molecule has 1 unspecified atom stereocenters. The molecule has 1 aliphatic heterocycles. The fourth-order valence-electron chi connectivity index (χ4n) is 4.00. The zero-order valence-electron chi connectivity index (χ0n) is 17.7. The lowest BCUT2D eigenvalue weighted by Gasteiger charge is -2.42. The van der Waals surface area contributed by atoms with Gasteiger partial charge in [0.05, 0.1) is 6.04 Å². The average molecular weight is 487 g/mol. The third-order valence-electron chi connectivity index (χ3n) is 5.66. The Morgan fingerprint density at radius 3 is 2.28 bits per heavy atom. The molecular weight excluding hydrogens is 463 g/mol. The number of halogens is 2. The summed E-state index contributed by atoms with van der Waals surface area (Å²) in [6.07, 6.45) is 1.64. The van der Waals surface area contributed by atoms with Crippen molar-refractivity contribution in [2.75, 3.05) is 24.5 Å². The minimum atomic E-state index is -3.57. The molecule has 32 heavy (non-hydrogen) atoms. The first-order valence-corrected chi connectivity index (χ1v) is 12.6. The van der Waals surface area contributed by atoms with Gasteiger partial charge in [-0.05, 0) is 60.0 Å². The SMILES string of the molecule is Cc1cc(Cl)ccc1N1CCN(S(=O)(=O)/C=C/c2ccccc2)CC1c1ccc(Cl)cc1. The number of benzene rings is 3. The highest BCUT2D eigenvalue weighted by Crippen LogP contribution is 2.35. The van der Waals surface area contributed by atoms with Crippen molar-refractivity contribution >= 4 is 45.0 Å². The van der Waals surface area contributed by atoms with Gasteiger partial charge in [0.1, 0.15) is 0 Å². The van der Waals surface area contributed by atoms with Crippen molar-refractivity contribution in [2.24, 2.45) is 0 Å². The number of sulfonamides is 1. The Kier molecular flexibility index (Phi) is 6.91. The lowest BCUT2D eigenvalue weighted by Crippen LogP contribution is -2.50. The fourth-order valence-corrected chi connectivity index (χ4v) is 5.54. The first kappa shape index (κ1) is 22.9. The largest absolute Gasteiger partial charge is 0.362 e. The van der Waals surface area contributed by atoms with Crippen molar-refractivity contribution < 1.29 is 8.42 Å². The van der Waals surface area contributed by atoms with Crippen molar-refractivity contribution in [2.45, 2.75) is 13.0 Å². The maximum atomic E-state index is 13.1. The van der Waals surface area contributed by atoms with Gasteiger partial charge in [-0.15, -0.1) is 0 Å². The minimum Gasteiger partial charge on any atom is -0.362 e. The summed E-state index contributed by atoms with van der Waals surface area (Å²) in [6, 6.07) is 22.7. The van der Waals surface area contributed by atoms with Crippen LogP contribution in [0.1, 0.15) is 22.7 Å². The number of aryl methyl sites for hydroxylation is 1. The predicted octanol–water partition coefficient (Wildman–Crippen LogP) is 6.17. The highest BCUT2D eigenvalue weighted by atomic mass is 35.5. The average Bonchev–Trinajstić information content (AvgIpc) is 2.79. The Bertz CT molecular complexity index is 1210. The fraction of sp³-hybridized carbons (Fsp3) is 0.200. The lowest BCUT2D eigenvalue weighted by molar-refractivity contribution is 0.339. The Hall–Kier alpha value is -2.31. The zero-order valence-corrected chi connectivity index (χ0v) is 20.0. The third kappa shape index (κ3) is 5.18. The van der Waals surface area contributed by atoms with Crippen LogP contribution in [0.2, 0.25) is 10.0 Å². The number of hydrogen-bond donors (Lipinski definition) is 0. The molecule has 1 aliphatic rings. The molecule has 4 nitrogen and oxygen atoms in total. The van der Waals surface area contributed by atoms with Crippen LogP contribution in [-0.2, 0) is 10.0 Å². The van der Waals surface area contributed by atoms with E-state index in [1.165, 1.54) is 5.41 Å². The predicted molar refractivity (Wildman–Crippen MR) is 134 cm³/mol. The number of rotatable bonds is 5. The van der Waals surface area contributed by atoms with Crippen LogP contribution in [0.4, 0.5) is 5.69 Å². The van der Waals surface area contributed by atoms with E-state index in [2.05, 4.69) is 4.90 Å². The van der Waals surface area contributed by atoms with Gasteiger partial charge in [-0.1, -0.05) is 65.7 Å². The van der Waals surface area contributed by atoms with Gasteiger partial charge < -0.3 is 4.90 Å². The molecule has 0 radical (unpaired) electrons. The van der Waals surface area contributed by atoms with Gasteiger partial charge in [0.2, 0.25) is 10.0 Å². The topological polar surface area (TPSA) is 40.6 Å². The first-order valence-electron chi connectivity index (χ1n) is 10.3. The highest BCUT2D eigenvalue weighted by molar-refractivity contribution is 7.92. The number of nitrogens with zero attached hydrogens (tertiary/aromatic N) is 2. The van der Waals surface area contributed by atoms with Crippen molar-refractivity contribution in [3.8, 4) is 0 Å². The van der Waals surface area contributed by atoms with Gasteiger partial charge in [-0.3, -0.25) is 0 Å². The summed E-state index contributed by atoms with van der Waals surface area (Å²) in [7, 11) is -3.57. The Labute approximate surface area is 199 Å². The number of piperazine rings is 1. The quantitative estimate of drug-likeness (QED) is 0.433. The molecule has 1 saturated heterocycles. The first-order chi connectivity index (χ1) is 15.3. The molecule has 1 heterocycles. The van der Waals surface area contributed by atoms with Crippen LogP contribution in [0.3, 0.4) is 0 Å². The summed E-state index contributed by atoms with van der Waals surface area (Å²) in [5, 5.41) is 2.63. The minimum absolute atomic E-state index is 0.152. The Balaban J connectivity index is 1.65. The van der Waals surface area contributed by atoms with E-state index in [4.69, 9.17) is 23.2 Å². The second-order valence-corrected chi connectivity index (χ2v) is 10.5. The van der Waals surface area contributed by atoms with Crippen molar-refractivity contribution in [1.82, 2.24) is 4.31 Å². The maximum absolute atomic E-state index is 13.1. The molecular formula is C25H24Cl2N2O2S. The van der Waals surface area contributed by atoms with Gasteiger partial charge in [0.15, 0.2) is 0 Å². The molecule has 0 amide bonds. The van der Waals surface area contributed by atoms with Crippen LogP contribution < -0.4 is 4.90 Å². The molecule has 3 aromatic carbocycles. The van der Waals surface area contributed by atoms with E-state index in [1.807, 2.05) is 79.7 Å². The highest BCUT2D eigenvalue weighted by Gasteiger charge is 2.34. The summed E-state index contributed by atoms with van der Waals surface area (Å²) in [5.74, 6) is 0. The smallest absolute Gasteiger partial charge is 0.236 e. The van der Waals surface area contributed by atoms with E-state index >= 15 is 0 Å². The number of hydrogen-bond acceptors (Lipinski definition) is 3. The summed E-state index contributed by atoms with van der Waals surface area (Å²) in [4.78, 5) is 2.25. The van der Waals surface area contributed by atoms with E-state index in [0.29, 0.717) is 29.7 Å². The van der Waals surface area contributed by atoms with Crippen molar-refractivity contribution in [3.05, 3.63) is 105 Å². The Morgan fingerprint density at radius 1 is 0.906 bits per heavy atom. The van der Waals surface area contributed by atoms with E-state index in [-0.39, 0.29) is 6.04 Å². The molecule has 0 aliphatic carbocycles. The van der Waals surface area contributed by atoms with Crippen LogP contribution in [0.25, 0.3) is 6.08 Å². The van der Waals surface area contributed by atoms with Gasteiger partial charge in [0, 0.05) is 40.8 Å². The normalized spacial score (nSPS) is 17.7. The van der Waals surface area contributed by atoms with Crippen molar-refractivity contribution in [1.29, 1.82) is 0 Å². The van der Waals surface area contributed by atoms with Crippen LogP contribution in [0.15, 0.2) is 78.2 Å². The second-order valence-electron chi connectivity index (χ2n) is 7.81. The summed E-state index contributed by atoms with van der Waals surface area (Å²) in [6.45, 7) is 3.32. The van der Waals surface area contributed by atoms with Gasteiger partial charge in [0.25, 0.3) is 0 Å². The maximum Gasteiger partial charge on any atom is 0.236 e. The van der Waals surface area contributed by atoms with Crippen LogP contribution in [0, 0.1) is 6.92 Å². The molecule has 4 rings (SSSR count). The molecule has 166 valence electrons. The standard InChI is InChI=1S/C25H24Cl2N2O2S/c1-19-17-23(27)11-12-24(19)29-15-14-28(18-25(29)21-7-9-22(26)10-8-21)32(30,31)16-13-20-5-3-2-4-6-20/h2-13,16-17,25H,14-15,18H2,1H3/b16-13+. The number of anilines is 1. The van der Waals surface area contributed by atoms with Gasteiger partial charge in [-0.25, -0.2) is 8.42 Å². The monoisotopic (exact) mass is 486 g/mol. The van der Waals surface area contributed by atoms with Gasteiger partial charge >= 0.3 is 0 Å². The van der Waals surface area contributed by atoms with E-state index < -0.39 is 10.0 Å².